The van der Waals surface area contributed by atoms with Crippen LogP contribution in [0.3, 0.4) is 0 Å². The van der Waals surface area contributed by atoms with E-state index in [0.29, 0.717) is 5.75 Å². The van der Waals surface area contributed by atoms with E-state index in [0.717, 1.165) is 5.56 Å². The van der Waals surface area contributed by atoms with Gasteiger partial charge in [-0.25, -0.2) is 0 Å². The van der Waals surface area contributed by atoms with Crippen LogP contribution in [0.2, 0.25) is 0 Å². The molecule has 0 aromatic heterocycles. The second kappa shape index (κ2) is 7.67. The number of rotatable bonds is 5. The first-order valence-corrected chi connectivity index (χ1v) is 10.2. The van der Waals surface area contributed by atoms with Crippen molar-refractivity contribution in [3.05, 3.63) is 130 Å². The molecule has 0 unspecified atom stereocenters. The van der Waals surface area contributed by atoms with Gasteiger partial charge in [-0.3, -0.25) is 4.84 Å². The van der Waals surface area contributed by atoms with E-state index in [9.17, 15) is 5.21 Å². The van der Waals surface area contributed by atoms with Crippen LogP contribution >= 0.6 is 0 Å². The molecule has 4 heteroatoms. The zero-order valence-electron chi connectivity index (χ0n) is 17.4. The minimum Gasteiger partial charge on any atom is -0.728 e. The second-order valence-corrected chi connectivity index (χ2v) is 7.73. The topological polar surface area (TPSA) is 44.8 Å². The fraction of sp³-hybridized carbons (Fsp3) is 0.111. The molecule has 0 heterocycles. The van der Waals surface area contributed by atoms with Crippen LogP contribution < -0.4 is 4.84 Å². The van der Waals surface area contributed by atoms with E-state index in [4.69, 9.17) is 4.84 Å². The number of nitrogens with zero attached hydrogens (tertiary/aromatic N) is 1. The summed E-state index contributed by atoms with van der Waals surface area (Å²) in [6.07, 6.45) is 0. The molecule has 0 N–H and O–H groups in total. The van der Waals surface area contributed by atoms with Crippen molar-refractivity contribution in [1.29, 1.82) is 0 Å². The van der Waals surface area contributed by atoms with Crippen LogP contribution in [-0.2, 0) is 10.3 Å². The maximum Gasteiger partial charge on any atom is 0.149 e. The first-order chi connectivity index (χ1) is 15.1. The third-order valence-electron chi connectivity index (χ3n) is 6.05. The van der Waals surface area contributed by atoms with Gasteiger partial charge in [0.2, 0.25) is 0 Å². The average molecular weight is 408 g/mol. The van der Waals surface area contributed by atoms with Crippen LogP contribution in [0.5, 0.6) is 5.75 Å². The van der Waals surface area contributed by atoms with Crippen LogP contribution in [-0.4, -0.2) is 12.5 Å². The minimum atomic E-state index is -0.460. The lowest BCUT2D eigenvalue weighted by molar-refractivity contribution is -0.265. The Morgan fingerprint density at radius 1 is 0.677 bits per heavy atom. The lowest BCUT2D eigenvalue weighted by atomic mass is 9.67. The highest BCUT2D eigenvalue weighted by Gasteiger charge is 2.45. The summed E-state index contributed by atoms with van der Waals surface area (Å²) in [7, 11) is 1.26. The maximum atomic E-state index is 11.4. The van der Waals surface area contributed by atoms with Crippen LogP contribution in [0.4, 0.5) is 0 Å². The SMILES string of the molecule is CON([O-])Oc1ccc(C2(c3ccc(C)cc3)c3ccccc3-c3ccccc32)cc1. The summed E-state index contributed by atoms with van der Waals surface area (Å²) in [5.74, 6) is 0.416. The molecule has 0 atom stereocenters. The lowest BCUT2D eigenvalue weighted by Gasteiger charge is -2.34. The van der Waals surface area contributed by atoms with Crippen LogP contribution in [0.25, 0.3) is 11.1 Å². The monoisotopic (exact) mass is 408 g/mol. The van der Waals surface area contributed by atoms with E-state index >= 15 is 0 Å². The Labute approximate surface area is 181 Å². The zero-order valence-corrected chi connectivity index (χ0v) is 17.4. The summed E-state index contributed by atoms with van der Waals surface area (Å²) in [6, 6.07) is 33.6. The Hall–Kier alpha value is -3.44. The van der Waals surface area contributed by atoms with E-state index in [1.165, 1.54) is 40.5 Å². The number of benzene rings is 4. The number of hydrogen-bond donors (Lipinski definition) is 0. The molecule has 0 spiro atoms. The summed E-state index contributed by atoms with van der Waals surface area (Å²) in [5, 5.41) is 11.5. The molecule has 4 aromatic carbocycles. The van der Waals surface area contributed by atoms with E-state index < -0.39 is 5.41 Å². The van der Waals surface area contributed by atoms with Crippen molar-refractivity contribution in [2.75, 3.05) is 7.11 Å². The molecule has 4 aromatic rings. The average Bonchev–Trinajstić information content (AvgIpc) is 3.11. The minimum absolute atomic E-state index is 0.0882. The van der Waals surface area contributed by atoms with Gasteiger partial charge in [-0.05, 0) is 52.4 Å². The molecular weight excluding hydrogens is 386 g/mol. The van der Waals surface area contributed by atoms with Crippen molar-refractivity contribution in [3.8, 4) is 16.9 Å². The van der Waals surface area contributed by atoms with Crippen molar-refractivity contribution >= 4 is 0 Å². The predicted octanol–water partition coefficient (Wildman–Crippen LogP) is 6.01. The second-order valence-electron chi connectivity index (χ2n) is 7.73. The standard InChI is InChI=1S/C27H22NO3/c1-19-11-13-20(14-12-19)27(21-15-17-22(18-16-21)31-28(29)30-2)25-9-5-3-7-23(25)24-8-4-6-10-26(24)27/h3-18H,1-2H3/q-1. The third-order valence-corrected chi connectivity index (χ3v) is 6.05. The number of hydrogen-bond acceptors (Lipinski definition) is 4. The van der Waals surface area contributed by atoms with Gasteiger partial charge in [-0.2, -0.15) is 0 Å². The highest BCUT2D eigenvalue weighted by Crippen LogP contribution is 2.56. The highest BCUT2D eigenvalue weighted by atomic mass is 17.1. The molecule has 0 saturated heterocycles. The molecule has 0 fully saturated rings. The predicted molar refractivity (Wildman–Crippen MR) is 121 cm³/mol. The summed E-state index contributed by atoms with van der Waals surface area (Å²) in [5.41, 5.74) is 8.04. The van der Waals surface area contributed by atoms with Gasteiger partial charge >= 0.3 is 0 Å². The Morgan fingerprint density at radius 2 is 1.16 bits per heavy atom. The molecule has 4 nitrogen and oxygen atoms in total. The van der Waals surface area contributed by atoms with Crippen molar-refractivity contribution in [2.45, 2.75) is 12.3 Å². The number of aryl methyl sites for hydroxylation is 1. The van der Waals surface area contributed by atoms with Crippen molar-refractivity contribution < 1.29 is 9.68 Å². The fourth-order valence-electron chi connectivity index (χ4n) is 4.72. The maximum absolute atomic E-state index is 11.4. The molecule has 0 saturated carbocycles. The molecule has 0 bridgehead atoms. The van der Waals surface area contributed by atoms with Gasteiger partial charge in [0.05, 0.1) is 12.5 Å². The van der Waals surface area contributed by atoms with Crippen molar-refractivity contribution in [3.63, 3.8) is 0 Å². The first kappa shape index (κ1) is 19.5. The van der Waals surface area contributed by atoms with Gasteiger partial charge in [0, 0.05) is 0 Å². The van der Waals surface area contributed by atoms with Gasteiger partial charge in [-0.15, -0.1) is 0 Å². The Morgan fingerprint density at radius 3 is 1.68 bits per heavy atom. The Bertz CT molecular complexity index is 1170. The van der Waals surface area contributed by atoms with Crippen molar-refractivity contribution in [1.82, 2.24) is 5.39 Å². The normalized spacial score (nSPS) is 13.7. The van der Waals surface area contributed by atoms with Gasteiger partial charge in [-0.1, -0.05) is 95.9 Å². The number of fused-ring (bicyclic) bond motifs is 3. The molecule has 154 valence electrons. The molecule has 5 rings (SSSR count). The third kappa shape index (κ3) is 3.04. The largest absolute Gasteiger partial charge is 0.728 e. The van der Waals surface area contributed by atoms with Crippen LogP contribution in [0.1, 0.15) is 27.8 Å². The first-order valence-electron chi connectivity index (χ1n) is 10.2. The molecule has 0 radical (unpaired) electrons. The van der Waals surface area contributed by atoms with Gasteiger partial charge in [0.1, 0.15) is 5.75 Å². The summed E-state index contributed by atoms with van der Waals surface area (Å²) < 4.78 is 0. The summed E-state index contributed by atoms with van der Waals surface area (Å²) in [4.78, 5) is 9.66. The van der Waals surface area contributed by atoms with Gasteiger partial charge < -0.3 is 10.0 Å². The van der Waals surface area contributed by atoms with E-state index in [1.807, 2.05) is 12.1 Å². The molecule has 1 aliphatic carbocycles. The summed E-state index contributed by atoms with van der Waals surface area (Å²) in [6.45, 7) is 2.10. The summed E-state index contributed by atoms with van der Waals surface area (Å²) >= 11 is 0. The molecule has 1 aliphatic rings. The van der Waals surface area contributed by atoms with E-state index in [1.54, 1.807) is 12.1 Å². The molecule has 0 aliphatic heterocycles. The van der Waals surface area contributed by atoms with Crippen molar-refractivity contribution in [2.24, 2.45) is 0 Å². The Kier molecular flexibility index (Phi) is 4.83. The van der Waals surface area contributed by atoms with Crippen LogP contribution in [0, 0.1) is 12.1 Å². The zero-order chi connectivity index (χ0) is 21.4. The smallest absolute Gasteiger partial charge is 0.149 e. The molecular formula is C27H22NO3-. The lowest BCUT2D eigenvalue weighted by Crippen LogP contribution is -2.28. The molecule has 0 amide bonds. The highest BCUT2D eigenvalue weighted by molar-refractivity contribution is 5.86. The van der Waals surface area contributed by atoms with E-state index in [-0.39, 0.29) is 5.39 Å². The van der Waals surface area contributed by atoms with Crippen LogP contribution in [0.15, 0.2) is 97.1 Å². The van der Waals surface area contributed by atoms with Gasteiger partial charge in [0.25, 0.3) is 0 Å². The quantitative estimate of drug-likeness (QED) is 0.334. The Balaban J connectivity index is 1.78. The fourth-order valence-corrected chi connectivity index (χ4v) is 4.72. The molecule has 31 heavy (non-hydrogen) atoms. The van der Waals surface area contributed by atoms with E-state index in [2.05, 4.69) is 84.6 Å². The van der Waals surface area contributed by atoms with Gasteiger partial charge in [0.15, 0.2) is 0 Å².